The second-order valence-electron chi connectivity index (χ2n) is 4.55. The first-order valence-electron chi connectivity index (χ1n) is 6.44. The van der Waals surface area contributed by atoms with Gasteiger partial charge < -0.3 is 5.32 Å². The van der Waals surface area contributed by atoms with Crippen molar-refractivity contribution >= 4 is 34.8 Å². The molecule has 0 radical (unpaired) electrons. The largest absolute Gasteiger partial charge is 0.352 e. The molecule has 2 rings (SSSR count). The zero-order valence-electron chi connectivity index (χ0n) is 11.4. The number of nitrogens with one attached hydrogen (secondary N) is 1. The highest BCUT2D eigenvalue weighted by Gasteiger charge is 2.14. The van der Waals surface area contributed by atoms with Crippen LogP contribution in [0.4, 0.5) is 5.69 Å². The van der Waals surface area contributed by atoms with Crippen molar-refractivity contribution in [3.05, 3.63) is 73.8 Å². The summed E-state index contributed by atoms with van der Waals surface area (Å²) < 4.78 is 0. The van der Waals surface area contributed by atoms with E-state index in [2.05, 4.69) is 5.32 Å². The van der Waals surface area contributed by atoms with Crippen LogP contribution in [0.25, 0.3) is 0 Å². The Balaban J connectivity index is 1.95. The van der Waals surface area contributed by atoms with E-state index in [0.717, 1.165) is 11.6 Å². The van der Waals surface area contributed by atoms with Crippen LogP contribution in [-0.4, -0.2) is 17.4 Å². The van der Waals surface area contributed by atoms with E-state index in [4.69, 9.17) is 23.2 Å². The van der Waals surface area contributed by atoms with Crippen LogP contribution in [0, 0.1) is 10.1 Å². The first-order valence-corrected chi connectivity index (χ1v) is 7.19. The first-order chi connectivity index (χ1) is 10.5. The number of benzene rings is 2. The van der Waals surface area contributed by atoms with Crippen LogP contribution in [-0.2, 0) is 6.42 Å². The quantitative estimate of drug-likeness (QED) is 0.664. The molecular weight excluding hydrogens is 327 g/mol. The Morgan fingerprint density at radius 1 is 1.14 bits per heavy atom. The van der Waals surface area contributed by atoms with E-state index in [0.29, 0.717) is 18.0 Å². The van der Waals surface area contributed by atoms with Gasteiger partial charge in [-0.1, -0.05) is 35.3 Å². The lowest BCUT2D eigenvalue weighted by Crippen LogP contribution is -2.26. The molecule has 0 aliphatic carbocycles. The van der Waals surface area contributed by atoms with E-state index in [1.807, 2.05) is 12.1 Å². The summed E-state index contributed by atoms with van der Waals surface area (Å²) >= 11 is 11.7. The zero-order valence-corrected chi connectivity index (χ0v) is 12.9. The fourth-order valence-electron chi connectivity index (χ4n) is 1.87. The molecule has 0 spiro atoms. The van der Waals surface area contributed by atoms with Gasteiger partial charge in [-0.3, -0.25) is 14.9 Å². The highest BCUT2D eigenvalue weighted by Crippen LogP contribution is 2.22. The highest BCUT2D eigenvalue weighted by molar-refractivity contribution is 6.34. The molecule has 1 amide bonds. The fraction of sp³-hybridized carbons (Fsp3) is 0.133. The second kappa shape index (κ2) is 7.24. The number of hydrogen-bond donors (Lipinski definition) is 1. The van der Waals surface area contributed by atoms with Crippen molar-refractivity contribution in [3.63, 3.8) is 0 Å². The predicted molar refractivity (Wildman–Crippen MR) is 85.6 cm³/mol. The smallest absolute Gasteiger partial charge is 0.270 e. The van der Waals surface area contributed by atoms with Crippen LogP contribution in [0.3, 0.4) is 0 Å². The molecule has 0 atom stereocenters. The van der Waals surface area contributed by atoms with Gasteiger partial charge in [-0.05, 0) is 30.2 Å². The molecule has 0 aliphatic rings. The molecule has 0 aliphatic heterocycles. The minimum Gasteiger partial charge on any atom is -0.352 e. The Bertz CT molecular complexity index is 702. The molecule has 0 heterocycles. The summed E-state index contributed by atoms with van der Waals surface area (Å²) in [6.45, 7) is 0.424. The molecule has 5 nitrogen and oxygen atoms in total. The third-order valence-corrected chi connectivity index (χ3v) is 3.59. The van der Waals surface area contributed by atoms with E-state index in [1.165, 1.54) is 12.1 Å². The number of carbonyl (C=O) groups is 1. The number of halogens is 2. The van der Waals surface area contributed by atoms with Crippen LogP contribution in [0.15, 0.2) is 42.5 Å². The zero-order chi connectivity index (χ0) is 16.1. The van der Waals surface area contributed by atoms with Crippen LogP contribution >= 0.6 is 23.2 Å². The Morgan fingerprint density at radius 3 is 2.41 bits per heavy atom. The average Bonchev–Trinajstić information content (AvgIpc) is 2.49. The molecule has 2 aromatic rings. The number of nitro benzene ring substituents is 1. The van der Waals surface area contributed by atoms with E-state index >= 15 is 0 Å². The molecule has 0 saturated heterocycles. The molecule has 0 saturated carbocycles. The summed E-state index contributed by atoms with van der Waals surface area (Å²) in [7, 11) is 0. The molecule has 0 aromatic heterocycles. The minimum absolute atomic E-state index is 0.0539. The summed E-state index contributed by atoms with van der Waals surface area (Å²) in [6, 6.07) is 11.1. The summed E-state index contributed by atoms with van der Waals surface area (Å²) in [6.07, 6.45) is 0.646. The second-order valence-corrected chi connectivity index (χ2v) is 5.40. The van der Waals surface area contributed by atoms with Crippen molar-refractivity contribution in [2.45, 2.75) is 6.42 Å². The maximum Gasteiger partial charge on any atom is 0.270 e. The van der Waals surface area contributed by atoms with Crippen LogP contribution in [0.1, 0.15) is 15.9 Å². The molecular formula is C15H12Cl2N2O3. The van der Waals surface area contributed by atoms with Gasteiger partial charge in [-0.25, -0.2) is 0 Å². The van der Waals surface area contributed by atoms with Gasteiger partial charge in [0.05, 0.1) is 15.5 Å². The van der Waals surface area contributed by atoms with Crippen LogP contribution < -0.4 is 5.32 Å². The molecule has 0 unspecified atom stereocenters. The molecule has 2 aromatic carbocycles. The Hall–Kier alpha value is -2.11. The molecule has 1 N–H and O–H groups in total. The summed E-state index contributed by atoms with van der Waals surface area (Å²) in [4.78, 5) is 22.1. The summed E-state index contributed by atoms with van der Waals surface area (Å²) in [5.41, 5.74) is 1.10. The Labute approximate surface area is 137 Å². The van der Waals surface area contributed by atoms with Gasteiger partial charge in [-0.2, -0.15) is 0 Å². The first kappa shape index (κ1) is 16.3. The van der Waals surface area contributed by atoms with Gasteiger partial charge in [0, 0.05) is 23.7 Å². The van der Waals surface area contributed by atoms with Crippen molar-refractivity contribution < 1.29 is 9.72 Å². The Kier molecular flexibility index (Phi) is 5.35. The lowest BCUT2D eigenvalue weighted by molar-refractivity contribution is -0.384. The van der Waals surface area contributed by atoms with Crippen molar-refractivity contribution in [3.8, 4) is 0 Å². The van der Waals surface area contributed by atoms with Gasteiger partial charge in [0.2, 0.25) is 0 Å². The van der Waals surface area contributed by atoms with Crippen molar-refractivity contribution in [1.29, 1.82) is 0 Å². The minimum atomic E-state index is -0.561. The number of nitro groups is 1. The summed E-state index contributed by atoms with van der Waals surface area (Å²) in [5.74, 6) is -0.367. The van der Waals surface area contributed by atoms with Crippen molar-refractivity contribution in [2.75, 3.05) is 6.54 Å². The molecule has 0 fully saturated rings. The average molecular weight is 339 g/mol. The number of rotatable bonds is 5. The normalized spacial score (nSPS) is 10.3. The van der Waals surface area contributed by atoms with Gasteiger partial charge in [0.25, 0.3) is 11.6 Å². The monoisotopic (exact) mass is 338 g/mol. The molecule has 7 heteroatoms. The van der Waals surface area contributed by atoms with E-state index in [-0.39, 0.29) is 22.2 Å². The molecule has 114 valence electrons. The van der Waals surface area contributed by atoms with Crippen LogP contribution in [0.2, 0.25) is 10.0 Å². The van der Waals surface area contributed by atoms with Gasteiger partial charge in [0.15, 0.2) is 0 Å². The third-order valence-electron chi connectivity index (χ3n) is 3.02. The number of nitrogens with zero attached hydrogens (tertiary/aromatic N) is 1. The van der Waals surface area contributed by atoms with Gasteiger partial charge in [-0.15, -0.1) is 0 Å². The lowest BCUT2D eigenvalue weighted by atomic mass is 10.1. The standard InChI is InChI=1S/C15H12Cl2N2O3/c16-11-3-1-10(2-4-11)7-8-18-15(20)13-6-5-12(19(21)22)9-14(13)17/h1-6,9H,7-8H2,(H,18,20). The van der Waals surface area contributed by atoms with E-state index < -0.39 is 4.92 Å². The topological polar surface area (TPSA) is 72.2 Å². The van der Waals surface area contributed by atoms with Crippen molar-refractivity contribution in [2.24, 2.45) is 0 Å². The van der Waals surface area contributed by atoms with Crippen molar-refractivity contribution in [1.82, 2.24) is 5.32 Å². The summed E-state index contributed by atoms with van der Waals surface area (Å²) in [5, 5.41) is 14.1. The number of carbonyl (C=O) groups excluding carboxylic acids is 1. The molecule has 0 bridgehead atoms. The van der Waals surface area contributed by atoms with E-state index in [1.54, 1.807) is 12.1 Å². The number of hydrogen-bond acceptors (Lipinski definition) is 3. The van der Waals surface area contributed by atoms with Gasteiger partial charge >= 0.3 is 0 Å². The van der Waals surface area contributed by atoms with Gasteiger partial charge in [0.1, 0.15) is 0 Å². The van der Waals surface area contributed by atoms with Crippen LogP contribution in [0.5, 0.6) is 0 Å². The fourth-order valence-corrected chi connectivity index (χ4v) is 2.25. The third kappa shape index (κ3) is 4.19. The number of non-ortho nitro benzene ring substituents is 1. The number of amides is 1. The Morgan fingerprint density at radius 2 is 1.82 bits per heavy atom. The van der Waals surface area contributed by atoms with E-state index in [9.17, 15) is 14.9 Å². The maximum absolute atomic E-state index is 12.0. The predicted octanol–water partition coefficient (Wildman–Crippen LogP) is 3.87. The maximum atomic E-state index is 12.0. The molecule has 22 heavy (non-hydrogen) atoms. The highest BCUT2D eigenvalue weighted by atomic mass is 35.5. The SMILES string of the molecule is O=C(NCCc1ccc(Cl)cc1)c1ccc([N+](=O)[O-])cc1Cl. The lowest BCUT2D eigenvalue weighted by Gasteiger charge is -2.07.